The van der Waals surface area contributed by atoms with Crippen LogP contribution < -0.4 is 5.32 Å². The van der Waals surface area contributed by atoms with Crippen molar-refractivity contribution in [3.05, 3.63) is 0 Å². The Bertz CT molecular complexity index is 412. The normalized spacial score (nSPS) is 27.1. The number of likely N-dealkylation sites (tertiary alicyclic amines) is 1. The molecule has 7 heteroatoms. The van der Waals surface area contributed by atoms with Crippen LogP contribution in [0.2, 0.25) is 0 Å². The van der Waals surface area contributed by atoms with Crippen LogP contribution in [0, 0.1) is 5.92 Å². The van der Waals surface area contributed by atoms with Gasteiger partial charge in [0.1, 0.15) is 6.04 Å². The number of aliphatic carboxylic acids is 1. The maximum Gasteiger partial charge on any atom is 0.320 e. The molecular weight excluding hydrogens is 262 g/mol. The molecule has 0 aromatic carbocycles. The van der Waals surface area contributed by atoms with E-state index < -0.39 is 17.9 Å². The van der Waals surface area contributed by atoms with Gasteiger partial charge in [0, 0.05) is 26.2 Å². The lowest BCUT2D eigenvalue weighted by molar-refractivity contribution is -0.143. The van der Waals surface area contributed by atoms with Crippen molar-refractivity contribution in [2.75, 3.05) is 26.2 Å². The van der Waals surface area contributed by atoms with Crippen LogP contribution in [0.4, 0.5) is 4.79 Å². The zero-order valence-electron chi connectivity index (χ0n) is 11.7. The monoisotopic (exact) mass is 283 g/mol. The molecule has 2 aliphatic heterocycles. The summed E-state index contributed by atoms with van der Waals surface area (Å²) in [5.41, 5.74) is 0. The van der Waals surface area contributed by atoms with Crippen LogP contribution in [0.3, 0.4) is 0 Å². The molecule has 0 bridgehead atoms. The van der Waals surface area contributed by atoms with Gasteiger partial charge in [0.2, 0.25) is 5.91 Å². The van der Waals surface area contributed by atoms with Gasteiger partial charge in [-0.1, -0.05) is 6.92 Å². The van der Waals surface area contributed by atoms with Crippen LogP contribution in [0.5, 0.6) is 0 Å². The Morgan fingerprint density at radius 3 is 2.80 bits per heavy atom. The number of carboxylic acids is 1. The van der Waals surface area contributed by atoms with E-state index in [1.165, 1.54) is 0 Å². The van der Waals surface area contributed by atoms with Crippen LogP contribution >= 0.6 is 0 Å². The molecule has 2 aliphatic rings. The number of hydrogen-bond donors (Lipinski definition) is 2. The van der Waals surface area contributed by atoms with E-state index in [0.29, 0.717) is 38.9 Å². The quantitative estimate of drug-likeness (QED) is 0.753. The Balaban J connectivity index is 2.05. The lowest BCUT2D eigenvalue weighted by Crippen LogP contribution is -2.60. The molecule has 0 aromatic rings. The molecule has 20 heavy (non-hydrogen) atoms. The minimum Gasteiger partial charge on any atom is -0.481 e. The Morgan fingerprint density at radius 2 is 2.15 bits per heavy atom. The molecule has 0 aromatic heterocycles. The van der Waals surface area contributed by atoms with Crippen molar-refractivity contribution in [1.82, 2.24) is 15.1 Å². The number of piperidine rings is 1. The van der Waals surface area contributed by atoms with Gasteiger partial charge in [-0.3, -0.25) is 9.59 Å². The lowest BCUT2D eigenvalue weighted by atomic mass is 9.98. The first-order chi connectivity index (χ1) is 9.54. The Labute approximate surface area is 117 Å². The highest BCUT2D eigenvalue weighted by Crippen LogP contribution is 2.20. The molecule has 2 atom stereocenters. The second-order valence-corrected chi connectivity index (χ2v) is 5.31. The Kier molecular flexibility index (Phi) is 4.46. The summed E-state index contributed by atoms with van der Waals surface area (Å²) in [6.45, 7) is 3.61. The fourth-order valence-corrected chi connectivity index (χ4v) is 2.88. The summed E-state index contributed by atoms with van der Waals surface area (Å²) in [6, 6.07) is -0.654. The fourth-order valence-electron chi connectivity index (χ4n) is 2.88. The summed E-state index contributed by atoms with van der Waals surface area (Å²) >= 11 is 0. The summed E-state index contributed by atoms with van der Waals surface area (Å²) in [5, 5.41) is 11.8. The van der Waals surface area contributed by atoms with Gasteiger partial charge in [0.25, 0.3) is 0 Å². The smallest absolute Gasteiger partial charge is 0.320 e. The molecule has 3 amide bonds. The topological polar surface area (TPSA) is 90.0 Å². The number of carbonyl (C=O) groups excluding carboxylic acids is 2. The summed E-state index contributed by atoms with van der Waals surface area (Å²) in [5.74, 6) is -1.48. The van der Waals surface area contributed by atoms with Gasteiger partial charge in [-0.15, -0.1) is 0 Å². The SMILES string of the molecule is CCC1C(=O)NCCN1C(=O)N1CCC[C@H](C(=O)O)C1. The van der Waals surface area contributed by atoms with Crippen LogP contribution in [0.25, 0.3) is 0 Å². The van der Waals surface area contributed by atoms with Gasteiger partial charge in [-0.2, -0.15) is 0 Å². The average Bonchev–Trinajstić information content (AvgIpc) is 2.46. The molecule has 2 saturated heterocycles. The third-order valence-corrected chi connectivity index (χ3v) is 4.00. The predicted molar refractivity (Wildman–Crippen MR) is 71.1 cm³/mol. The van der Waals surface area contributed by atoms with Gasteiger partial charge in [-0.05, 0) is 19.3 Å². The van der Waals surface area contributed by atoms with Crippen molar-refractivity contribution >= 4 is 17.9 Å². The first kappa shape index (κ1) is 14.6. The molecule has 2 N–H and O–H groups in total. The van der Waals surface area contributed by atoms with Gasteiger partial charge < -0.3 is 20.2 Å². The predicted octanol–water partition coefficient (Wildman–Crippen LogP) is 0.113. The summed E-state index contributed by atoms with van der Waals surface area (Å²) < 4.78 is 0. The molecule has 2 rings (SSSR count). The van der Waals surface area contributed by atoms with Gasteiger partial charge in [0.05, 0.1) is 5.92 Å². The first-order valence-electron chi connectivity index (χ1n) is 7.10. The molecule has 0 spiro atoms. The van der Waals surface area contributed by atoms with E-state index in [4.69, 9.17) is 5.11 Å². The molecule has 112 valence electrons. The molecule has 0 saturated carbocycles. The van der Waals surface area contributed by atoms with Crippen LogP contribution in [0.1, 0.15) is 26.2 Å². The summed E-state index contributed by atoms with van der Waals surface area (Å²) in [7, 11) is 0. The zero-order chi connectivity index (χ0) is 14.7. The number of amides is 3. The maximum atomic E-state index is 12.5. The fraction of sp³-hybridized carbons (Fsp3) is 0.769. The van der Waals surface area contributed by atoms with Gasteiger partial charge in [0.15, 0.2) is 0 Å². The third kappa shape index (κ3) is 2.86. The van der Waals surface area contributed by atoms with Crippen molar-refractivity contribution in [2.24, 2.45) is 5.92 Å². The second kappa shape index (κ2) is 6.11. The highest BCUT2D eigenvalue weighted by molar-refractivity contribution is 5.88. The summed E-state index contributed by atoms with van der Waals surface area (Å²) in [4.78, 5) is 38.5. The minimum atomic E-state index is -0.856. The summed E-state index contributed by atoms with van der Waals surface area (Å²) in [6.07, 6.45) is 1.87. The molecule has 2 fully saturated rings. The van der Waals surface area contributed by atoms with Crippen LogP contribution in [0.15, 0.2) is 0 Å². The first-order valence-corrected chi connectivity index (χ1v) is 7.10. The molecule has 1 unspecified atom stereocenters. The van der Waals surface area contributed by atoms with Crippen molar-refractivity contribution in [3.63, 3.8) is 0 Å². The van der Waals surface area contributed by atoms with Crippen molar-refractivity contribution < 1.29 is 19.5 Å². The molecule has 0 aliphatic carbocycles. The van der Waals surface area contributed by atoms with Crippen molar-refractivity contribution in [2.45, 2.75) is 32.2 Å². The number of carbonyl (C=O) groups is 3. The molecule has 0 radical (unpaired) electrons. The lowest BCUT2D eigenvalue weighted by Gasteiger charge is -2.40. The Morgan fingerprint density at radius 1 is 1.40 bits per heavy atom. The second-order valence-electron chi connectivity index (χ2n) is 5.31. The van der Waals surface area contributed by atoms with Crippen molar-refractivity contribution in [1.29, 1.82) is 0 Å². The number of rotatable bonds is 2. The third-order valence-electron chi connectivity index (χ3n) is 4.00. The van der Waals surface area contributed by atoms with Gasteiger partial charge in [-0.25, -0.2) is 4.79 Å². The average molecular weight is 283 g/mol. The van der Waals surface area contributed by atoms with E-state index in [0.717, 1.165) is 0 Å². The number of urea groups is 1. The standard InChI is InChI=1S/C13H21N3O4/c1-2-10-11(17)14-5-7-16(10)13(20)15-6-3-4-9(8-15)12(18)19/h9-10H,2-8H2,1H3,(H,14,17)(H,18,19)/t9-,10?/m0/s1. The maximum absolute atomic E-state index is 12.5. The van der Waals surface area contributed by atoms with Gasteiger partial charge >= 0.3 is 12.0 Å². The molecule has 2 heterocycles. The van der Waals surface area contributed by atoms with Crippen LogP contribution in [-0.2, 0) is 9.59 Å². The van der Waals surface area contributed by atoms with E-state index in [2.05, 4.69) is 5.32 Å². The molecule has 7 nitrogen and oxygen atoms in total. The van der Waals surface area contributed by atoms with E-state index in [1.807, 2.05) is 6.92 Å². The van der Waals surface area contributed by atoms with E-state index >= 15 is 0 Å². The minimum absolute atomic E-state index is 0.126. The van der Waals surface area contributed by atoms with E-state index in [-0.39, 0.29) is 18.5 Å². The highest BCUT2D eigenvalue weighted by atomic mass is 16.4. The Hall–Kier alpha value is -1.79. The highest BCUT2D eigenvalue weighted by Gasteiger charge is 2.36. The van der Waals surface area contributed by atoms with Crippen molar-refractivity contribution in [3.8, 4) is 0 Å². The number of nitrogens with zero attached hydrogens (tertiary/aromatic N) is 2. The number of hydrogen-bond acceptors (Lipinski definition) is 3. The van der Waals surface area contributed by atoms with E-state index in [1.54, 1.807) is 9.80 Å². The molecular formula is C13H21N3O4. The largest absolute Gasteiger partial charge is 0.481 e. The van der Waals surface area contributed by atoms with E-state index in [9.17, 15) is 14.4 Å². The van der Waals surface area contributed by atoms with Crippen LogP contribution in [-0.4, -0.2) is 65.0 Å². The number of nitrogens with one attached hydrogen (secondary N) is 1. The number of carboxylic acid groups (broad SMARTS) is 1. The number of piperazine rings is 1. The zero-order valence-corrected chi connectivity index (χ0v) is 11.7.